The molecule has 0 aliphatic heterocycles. The van der Waals surface area contributed by atoms with E-state index in [0.717, 1.165) is 24.0 Å². The van der Waals surface area contributed by atoms with E-state index in [1.54, 1.807) is 12.3 Å². The second-order valence-corrected chi connectivity index (χ2v) is 6.02. The van der Waals surface area contributed by atoms with Crippen LogP contribution in [0.5, 0.6) is 0 Å². The summed E-state index contributed by atoms with van der Waals surface area (Å²) in [5.74, 6) is 2.51. The molecular weight excluding hydrogens is 234 g/mol. The molecule has 2 fully saturated rings. The van der Waals surface area contributed by atoms with Crippen LogP contribution in [0.3, 0.4) is 0 Å². The molecule has 0 spiro atoms. The van der Waals surface area contributed by atoms with Crippen LogP contribution in [0.15, 0.2) is 18.3 Å². The Bertz CT molecular complexity index is 392. The van der Waals surface area contributed by atoms with E-state index in [1.807, 2.05) is 6.07 Å². The highest BCUT2D eigenvalue weighted by Crippen LogP contribution is 2.50. The standard InChI is InChI=1S/C14H18ClNO/c15-12-3-4-13(16-8-12)14(17)7-11-6-9-1-2-10(11)5-9/h3-4,8-11,14,17H,1-2,5-7H2. The Labute approximate surface area is 107 Å². The van der Waals surface area contributed by atoms with Gasteiger partial charge in [0.15, 0.2) is 0 Å². The third kappa shape index (κ3) is 2.34. The van der Waals surface area contributed by atoms with E-state index in [1.165, 1.54) is 25.7 Å². The molecule has 4 atom stereocenters. The number of fused-ring (bicyclic) bond motifs is 2. The van der Waals surface area contributed by atoms with Crippen molar-refractivity contribution in [2.24, 2.45) is 17.8 Å². The highest BCUT2D eigenvalue weighted by Gasteiger charge is 2.40. The molecule has 3 heteroatoms. The fraction of sp³-hybridized carbons (Fsp3) is 0.643. The molecule has 1 heterocycles. The topological polar surface area (TPSA) is 33.1 Å². The van der Waals surface area contributed by atoms with E-state index >= 15 is 0 Å². The molecule has 17 heavy (non-hydrogen) atoms. The number of rotatable bonds is 3. The SMILES string of the molecule is OC(CC1CC2CCC1C2)c1ccc(Cl)cn1. The summed E-state index contributed by atoms with van der Waals surface area (Å²) in [6.45, 7) is 0. The van der Waals surface area contributed by atoms with E-state index < -0.39 is 6.10 Å². The first kappa shape index (κ1) is 11.5. The van der Waals surface area contributed by atoms with Crippen LogP contribution in [-0.4, -0.2) is 10.1 Å². The second kappa shape index (κ2) is 4.58. The summed E-state index contributed by atoms with van der Waals surface area (Å²) in [6.07, 6.45) is 7.56. The van der Waals surface area contributed by atoms with Gasteiger partial charge >= 0.3 is 0 Å². The number of hydrogen-bond donors (Lipinski definition) is 1. The fourth-order valence-corrected chi connectivity index (χ4v) is 3.77. The Hall–Kier alpha value is -0.600. The summed E-state index contributed by atoms with van der Waals surface area (Å²) in [6, 6.07) is 3.63. The number of aromatic nitrogens is 1. The third-order valence-corrected chi connectivity index (χ3v) is 4.73. The zero-order valence-electron chi connectivity index (χ0n) is 9.85. The Morgan fingerprint density at radius 2 is 2.24 bits per heavy atom. The van der Waals surface area contributed by atoms with Crippen LogP contribution >= 0.6 is 11.6 Å². The van der Waals surface area contributed by atoms with Crippen LogP contribution < -0.4 is 0 Å². The summed E-state index contributed by atoms with van der Waals surface area (Å²) >= 11 is 5.79. The molecule has 3 rings (SSSR count). The van der Waals surface area contributed by atoms with Crippen molar-refractivity contribution in [1.82, 2.24) is 4.98 Å². The lowest BCUT2D eigenvalue weighted by Gasteiger charge is -2.23. The van der Waals surface area contributed by atoms with Crippen molar-refractivity contribution in [1.29, 1.82) is 0 Å². The number of nitrogens with zero attached hydrogens (tertiary/aromatic N) is 1. The molecule has 2 aliphatic carbocycles. The second-order valence-electron chi connectivity index (χ2n) is 5.59. The molecule has 1 aromatic rings. The lowest BCUT2D eigenvalue weighted by molar-refractivity contribution is 0.122. The maximum absolute atomic E-state index is 10.2. The average Bonchev–Trinajstić information content (AvgIpc) is 2.91. The van der Waals surface area contributed by atoms with Gasteiger partial charge in [-0.25, -0.2) is 0 Å². The van der Waals surface area contributed by atoms with Crippen LogP contribution in [0.2, 0.25) is 5.02 Å². The Morgan fingerprint density at radius 1 is 1.35 bits per heavy atom. The van der Waals surface area contributed by atoms with Crippen LogP contribution in [0.4, 0.5) is 0 Å². The van der Waals surface area contributed by atoms with Gasteiger partial charge in [0, 0.05) is 6.20 Å². The normalized spacial score (nSPS) is 32.9. The molecule has 2 aliphatic rings. The number of hydrogen-bond acceptors (Lipinski definition) is 2. The van der Waals surface area contributed by atoms with Crippen LogP contribution in [0.1, 0.15) is 43.9 Å². The number of halogens is 1. The maximum atomic E-state index is 10.2. The van der Waals surface area contributed by atoms with Gasteiger partial charge in [-0.1, -0.05) is 18.0 Å². The lowest BCUT2D eigenvalue weighted by Crippen LogP contribution is -2.14. The minimum atomic E-state index is -0.420. The minimum absolute atomic E-state index is 0.420. The van der Waals surface area contributed by atoms with Crippen molar-refractivity contribution in [3.05, 3.63) is 29.0 Å². The molecule has 1 N–H and O–H groups in total. The van der Waals surface area contributed by atoms with E-state index in [4.69, 9.17) is 11.6 Å². The summed E-state index contributed by atoms with van der Waals surface area (Å²) in [7, 11) is 0. The molecule has 0 amide bonds. The van der Waals surface area contributed by atoms with Gasteiger partial charge < -0.3 is 5.11 Å². The maximum Gasteiger partial charge on any atom is 0.0962 e. The van der Waals surface area contributed by atoms with E-state index in [0.29, 0.717) is 10.9 Å². The number of aliphatic hydroxyl groups is 1. The largest absolute Gasteiger partial charge is 0.387 e. The summed E-state index contributed by atoms with van der Waals surface area (Å²) in [5, 5.41) is 10.8. The van der Waals surface area contributed by atoms with E-state index in [2.05, 4.69) is 4.98 Å². The van der Waals surface area contributed by atoms with Crippen molar-refractivity contribution in [2.45, 2.75) is 38.2 Å². The molecule has 2 saturated carbocycles. The summed E-state index contributed by atoms with van der Waals surface area (Å²) in [5.41, 5.74) is 0.761. The van der Waals surface area contributed by atoms with Crippen molar-refractivity contribution in [3.63, 3.8) is 0 Å². The molecule has 4 unspecified atom stereocenters. The Morgan fingerprint density at radius 3 is 2.82 bits per heavy atom. The molecule has 0 saturated heterocycles. The summed E-state index contributed by atoms with van der Waals surface area (Å²) in [4.78, 5) is 4.20. The number of pyridine rings is 1. The molecule has 2 nitrogen and oxygen atoms in total. The van der Waals surface area contributed by atoms with Crippen LogP contribution in [0.25, 0.3) is 0 Å². The predicted molar refractivity (Wildman–Crippen MR) is 67.8 cm³/mol. The van der Waals surface area contributed by atoms with Gasteiger partial charge in [0.2, 0.25) is 0 Å². The molecule has 0 aromatic carbocycles. The predicted octanol–water partition coefficient (Wildman–Crippen LogP) is 3.59. The lowest BCUT2D eigenvalue weighted by atomic mass is 9.84. The van der Waals surface area contributed by atoms with E-state index in [-0.39, 0.29) is 0 Å². The molecule has 1 aromatic heterocycles. The van der Waals surface area contributed by atoms with Crippen molar-refractivity contribution in [2.75, 3.05) is 0 Å². The first-order valence-corrected chi connectivity index (χ1v) is 6.89. The minimum Gasteiger partial charge on any atom is -0.387 e. The van der Waals surface area contributed by atoms with Crippen molar-refractivity contribution < 1.29 is 5.11 Å². The third-order valence-electron chi connectivity index (χ3n) is 4.50. The van der Waals surface area contributed by atoms with Gasteiger partial charge in [0.05, 0.1) is 16.8 Å². The number of aliphatic hydroxyl groups excluding tert-OH is 1. The highest BCUT2D eigenvalue weighted by atomic mass is 35.5. The molecule has 2 bridgehead atoms. The zero-order valence-corrected chi connectivity index (χ0v) is 10.6. The van der Waals surface area contributed by atoms with Crippen LogP contribution in [0, 0.1) is 17.8 Å². The monoisotopic (exact) mass is 251 g/mol. The van der Waals surface area contributed by atoms with Gasteiger partial charge in [-0.3, -0.25) is 4.98 Å². The Balaban J connectivity index is 1.63. The van der Waals surface area contributed by atoms with Gasteiger partial charge in [-0.05, 0) is 55.6 Å². The quantitative estimate of drug-likeness (QED) is 0.891. The zero-order chi connectivity index (χ0) is 11.8. The van der Waals surface area contributed by atoms with Gasteiger partial charge in [-0.15, -0.1) is 0 Å². The molecule has 0 radical (unpaired) electrons. The molecular formula is C14H18ClNO. The van der Waals surface area contributed by atoms with Crippen molar-refractivity contribution >= 4 is 11.6 Å². The highest BCUT2D eigenvalue weighted by molar-refractivity contribution is 6.30. The smallest absolute Gasteiger partial charge is 0.0962 e. The van der Waals surface area contributed by atoms with Gasteiger partial charge in [-0.2, -0.15) is 0 Å². The van der Waals surface area contributed by atoms with Gasteiger partial charge in [0.25, 0.3) is 0 Å². The van der Waals surface area contributed by atoms with Gasteiger partial charge in [0.1, 0.15) is 0 Å². The van der Waals surface area contributed by atoms with Crippen LogP contribution in [-0.2, 0) is 0 Å². The summed E-state index contributed by atoms with van der Waals surface area (Å²) < 4.78 is 0. The Kier molecular flexibility index (Phi) is 3.10. The fourth-order valence-electron chi connectivity index (χ4n) is 3.66. The van der Waals surface area contributed by atoms with E-state index in [9.17, 15) is 5.11 Å². The first-order valence-electron chi connectivity index (χ1n) is 6.52. The first-order chi connectivity index (χ1) is 8.22. The molecule has 92 valence electrons. The average molecular weight is 252 g/mol. The van der Waals surface area contributed by atoms with Crippen molar-refractivity contribution in [3.8, 4) is 0 Å².